The number of ether oxygens (including phenoxy) is 1. The van der Waals surface area contributed by atoms with Crippen molar-refractivity contribution in [3.8, 4) is 0 Å². The van der Waals surface area contributed by atoms with Crippen molar-refractivity contribution in [2.24, 2.45) is 0 Å². The Kier molecular flexibility index (Phi) is 8.09. The first-order chi connectivity index (χ1) is 14.8. The number of nitrogens with one attached hydrogen (secondary N) is 1. The van der Waals surface area contributed by atoms with Gasteiger partial charge >= 0.3 is 5.97 Å². The Balaban J connectivity index is 2.30. The molecule has 172 valence electrons. The monoisotopic (exact) mass is 478 g/mol. The van der Waals surface area contributed by atoms with Crippen LogP contribution in [0.1, 0.15) is 38.1 Å². The van der Waals surface area contributed by atoms with Crippen LogP contribution in [0.15, 0.2) is 66.1 Å². The summed E-state index contributed by atoms with van der Waals surface area (Å²) in [6.07, 6.45) is 0.410. The number of amides is 1. The highest BCUT2D eigenvalue weighted by atomic mass is 35.5. The van der Waals surface area contributed by atoms with Crippen molar-refractivity contribution in [3.05, 3.63) is 71.8 Å². The highest BCUT2D eigenvalue weighted by Crippen LogP contribution is 2.26. The number of halogens is 1. The summed E-state index contributed by atoms with van der Waals surface area (Å²) in [6, 6.07) is 11.8. The van der Waals surface area contributed by atoms with Crippen LogP contribution < -0.4 is 9.62 Å². The summed E-state index contributed by atoms with van der Waals surface area (Å²) in [6.45, 7) is 10.5. The molecule has 0 aliphatic rings. The van der Waals surface area contributed by atoms with E-state index in [2.05, 4.69) is 11.9 Å². The SMILES string of the molecule is C=CCN(c1ccc(Cl)cc1)S(=O)(=O)c1cccc(C(=O)OC(C)C(=O)NC(C)(C)C)c1. The minimum absolute atomic E-state index is 0.0103. The van der Waals surface area contributed by atoms with Gasteiger partial charge in [-0.1, -0.05) is 23.7 Å². The molecule has 2 rings (SSSR count). The maximum atomic E-state index is 13.3. The van der Waals surface area contributed by atoms with Crippen molar-refractivity contribution in [2.45, 2.75) is 44.2 Å². The molecule has 0 aromatic heterocycles. The van der Waals surface area contributed by atoms with Crippen LogP contribution >= 0.6 is 11.6 Å². The fraction of sp³-hybridized carbons (Fsp3) is 0.304. The van der Waals surface area contributed by atoms with Gasteiger partial charge in [0.05, 0.1) is 22.7 Å². The van der Waals surface area contributed by atoms with Gasteiger partial charge in [-0.25, -0.2) is 13.2 Å². The lowest BCUT2D eigenvalue weighted by Gasteiger charge is -2.24. The summed E-state index contributed by atoms with van der Waals surface area (Å²) in [7, 11) is -4.02. The first-order valence-electron chi connectivity index (χ1n) is 9.87. The molecule has 0 aliphatic heterocycles. The molecule has 1 atom stereocenters. The van der Waals surface area contributed by atoms with Gasteiger partial charge in [-0.2, -0.15) is 0 Å². The maximum Gasteiger partial charge on any atom is 0.338 e. The van der Waals surface area contributed by atoms with Crippen LogP contribution in [0.3, 0.4) is 0 Å². The standard InChI is InChI=1S/C23H27ClN2O5S/c1-6-14-26(19-12-10-18(24)11-13-19)32(29,30)20-9-7-8-17(15-20)22(28)31-16(2)21(27)25-23(3,4)5/h6-13,15-16H,1,14H2,2-5H3,(H,25,27). The fourth-order valence-electron chi connectivity index (χ4n) is 2.73. The van der Waals surface area contributed by atoms with E-state index in [1.807, 2.05) is 20.8 Å². The molecule has 0 bridgehead atoms. The third kappa shape index (κ3) is 6.58. The number of carbonyl (C=O) groups is 2. The maximum absolute atomic E-state index is 13.3. The van der Waals surface area contributed by atoms with Gasteiger partial charge in [0.25, 0.3) is 15.9 Å². The third-order valence-corrected chi connectivity index (χ3v) is 6.26. The average molecular weight is 479 g/mol. The largest absolute Gasteiger partial charge is 0.449 e. The Labute approximate surface area is 194 Å². The summed E-state index contributed by atoms with van der Waals surface area (Å²) < 4.78 is 33.0. The quantitative estimate of drug-likeness (QED) is 0.453. The number of esters is 1. The van der Waals surface area contributed by atoms with E-state index < -0.39 is 33.5 Å². The molecule has 2 aromatic carbocycles. The molecule has 0 spiro atoms. The molecule has 0 saturated carbocycles. The summed E-state index contributed by atoms with van der Waals surface area (Å²) in [5.41, 5.74) is -0.0759. The van der Waals surface area contributed by atoms with Crippen LogP contribution in [0.2, 0.25) is 5.02 Å². The molecule has 0 radical (unpaired) electrons. The Morgan fingerprint density at radius 2 is 1.81 bits per heavy atom. The minimum Gasteiger partial charge on any atom is -0.449 e. The van der Waals surface area contributed by atoms with E-state index in [-0.39, 0.29) is 17.0 Å². The number of hydrogen-bond donors (Lipinski definition) is 1. The van der Waals surface area contributed by atoms with E-state index in [1.165, 1.54) is 37.3 Å². The average Bonchev–Trinajstić information content (AvgIpc) is 2.71. The zero-order valence-electron chi connectivity index (χ0n) is 18.5. The molecule has 9 heteroatoms. The van der Waals surface area contributed by atoms with Crippen LogP contribution in [0.5, 0.6) is 0 Å². The summed E-state index contributed by atoms with van der Waals surface area (Å²) in [4.78, 5) is 24.6. The van der Waals surface area contributed by atoms with Gasteiger partial charge in [0, 0.05) is 10.6 Å². The van der Waals surface area contributed by atoms with Crippen molar-refractivity contribution >= 4 is 39.2 Å². The Morgan fingerprint density at radius 1 is 1.19 bits per heavy atom. The lowest BCUT2D eigenvalue weighted by Crippen LogP contribution is -2.46. The highest BCUT2D eigenvalue weighted by molar-refractivity contribution is 7.92. The second-order valence-corrected chi connectivity index (χ2v) is 10.4. The smallest absolute Gasteiger partial charge is 0.338 e. The van der Waals surface area contributed by atoms with Crippen molar-refractivity contribution in [2.75, 3.05) is 10.8 Å². The van der Waals surface area contributed by atoms with Crippen LogP contribution in [-0.4, -0.2) is 38.5 Å². The Bertz CT molecular complexity index is 1090. The number of nitrogens with zero attached hydrogens (tertiary/aromatic N) is 1. The van der Waals surface area contributed by atoms with E-state index in [1.54, 1.807) is 24.3 Å². The topological polar surface area (TPSA) is 92.8 Å². The number of benzene rings is 2. The molecule has 0 fully saturated rings. The molecule has 0 saturated heterocycles. The van der Waals surface area contributed by atoms with E-state index in [4.69, 9.17) is 16.3 Å². The summed E-state index contributed by atoms with van der Waals surface area (Å²) in [5, 5.41) is 3.20. The molecule has 0 aliphatic carbocycles. The Hall–Kier alpha value is -2.84. The molecule has 1 amide bonds. The van der Waals surface area contributed by atoms with Gasteiger partial charge in [0.2, 0.25) is 0 Å². The number of carbonyl (C=O) groups excluding carboxylic acids is 2. The number of anilines is 1. The molecule has 32 heavy (non-hydrogen) atoms. The van der Waals surface area contributed by atoms with E-state index in [0.29, 0.717) is 10.7 Å². The zero-order valence-corrected chi connectivity index (χ0v) is 20.0. The molecular formula is C23H27ClN2O5S. The predicted molar refractivity (Wildman–Crippen MR) is 125 cm³/mol. The number of hydrogen-bond acceptors (Lipinski definition) is 5. The van der Waals surface area contributed by atoms with Gasteiger partial charge in [-0.05, 0) is 70.2 Å². The summed E-state index contributed by atoms with van der Waals surface area (Å²) >= 11 is 5.91. The molecule has 2 aromatic rings. The van der Waals surface area contributed by atoms with Crippen LogP contribution in [-0.2, 0) is 19.6 Å². The lowest BCUT2D eigenvalue weighted by atomic mass is 10.1. The number of sulfonamides is 1. The van der Waals surface area contributed by atoms with Gasteiger partial charge in [-0.15, -0.1) is 6.58 Å². The normalized spacial score (nSPS) is 12.5. The molecule has 7 nitrogen and oxygen atoms in total. The highest BCUT2D eigenvalue weighted by Gasteiger charge is 2.27. The van der Waals surface area contributed by atoms with E-state index in [0.717, 1.165) is 4.31 Å². The van der Waals surface area contributed by atoms with Gasteiger partial charge in [-0.3, -0.25) is 9.10 Å². The molecule has 0 heterocycles. The zero-order chi connectivity index (χ0) is 24.1. The van der Waals surface area contributed by atoms with Gasteiger partial charge in [0.1, 0.15) is 0 Å². The predicted octanol–water partition coefficient (Wildman–Crippen LogP) is 4.18. The van der Waals surface area contributed by atoms with Crippen LogP contribution in [0, 0.1) is 0 Å². The number of rotatable bonds is 8. The van der Waals surface area contributed by atoms with Gasteiger partial charge < -0.3 is 10.1 Å². The van der Waals surface area contributed by atoms with E-state index in [9.17, 15) is 18.0 Å². The summed E-state index contributed by atoms with van der Waals surface area (Å²) in [5.74, 6) is -1.25. The molecule has 1 N–H and O–H groups in total. The minimum atomic E-state index is -4.02. The molecular weight excluding hydrogens is 452 g/mol. The first-order valence-corrected chi connectivity index (χ1v) is 11.7. The van der Waals surface area contributed by atoms with Crippen LogP contribution in [0.4, 0.5) is 5.69 Å². The van der Waals surface area contributed by atoms with E-state index >= 15 is 0 Å². The van der Waals surface area contributed by atoms with Crippen molar-refractivity contribution in [1.29, 1.82) is 0 Å². The van der Waals surface area contributed by atoms with Crippen LogP contribution in [0.25, 0.3) is 0 Å². The second-order valence-electron chi connectivity index (χ2n) is 8.12. The molecule has 1 unspecified atom stereocenters. The van der Waals surface area contributed by atoms with Gasteiger partial charge in [0.15, 0.2) is 6.10 Å². The third-order valence-electron chi connectivity index (χ3n) is 4.22. The first kappa shape index (κ1) is 25.4. The fourth-order valence-corrected chi connectivity index (χ4v) is 4.34. The lowest BCUT2D eigenvalue weighted by molar-refractivity contribution is -0.130. The second kappa shape index (κ2) is 10.2. The van der Waals surface area contributed by atoms with Crippen molar-refractivity contribution < 1.29 is 22.7 Å². The van der Waals surface area contributed by atoms with Crippen molar-refractivity contribution in [3.63, 3.8) is 0 Å². The van der Waals surface area contributed by atoms with Crippen molar-refractivity contribution in [1.82, 2.24) is 5.32 Å². The Morgan fingerprint density at radius 3 is 2.38 bits per heavy atom.